The highest BCUT2D eigenvalue weighted by atomic mass is 35.5. The van der Waals surface area contributed by atoms with Crippen molar-refractivity contribution in [1.29, 1.82) is 0 Å². The van der Waals surface area contributed by atoms with Crippen molar-refractivity contribution in [3.05, 3.63) is 46.0 Å². The van der Waals surface area contributed by atoms with E-state index >= 15 is 0 Å². The standard InChI is InChI=1S/C13H12Cl2S/c14-11-4-3-9(8-12(11)15)13-6-1-2-10(16-13)5-7-13/h1,3-4,6,8,10H,2,5,7H2. The molecule has 1 fully saturated rings. The van der Waals surface area contributed by atoms with E-state index in [2.05, 4.69) is 30.0 Å². The fraction of sp³-hybridized carbons (Fsp3) is 0.385. The van der Waals surface area contributed by atoms with Gasteiger partial charge in [0, 0.05) is 5.25 Å². The van der Waals surface area contributed by atoms with Crippen LogP contribution < -0.4 is 0 Å². The molecule has 2 bridgehead atoms. The zero-order chi connectivity index (χ0) is 11.2. The van der Waals surface area contributed by atoms with Gasteiger partial charge in [0.25, 0.3) is 0 Å². The minimum absolute atomic E-state index is 0.164. The Morgan fingerprint density at radius 2 is 2.12 bits per heavy atom. The largest absolute Gasteiger partial charge is 0.142 e. The van der Waals surface area contributed by atoms with Crippen molar-refractivity contribution in [2.75, 3.05) is 0 Å². The molecule has 2 unspecified atom stereocenters. The van der Waals surface area contributed by atoms with Crippen molar-refractivity contribution in [3.63, 3.8) is 0 Å². The van der Waals surface area contributed by atoms with E-state index in [4.69, 9.17) is 23.2 Å². The van der Waals surface area contributed by atoms with E-state index in [1.807, 2.05) is 12.1 Å². The summed E-state index contributed by atoms with van der Waals surface area (Å²) < 4.78 is 0.164. The van der Waals surface area contributed by atoms with Crippen molar-refractivity contribution in [2.45, 2.75) is 29.3 Å². The fourth-order valence-electron chi connectivity index (χ4n) is 2.56. The third kappa shape index (κ3) is 1.70. The van der Waals surface area contributed by atoms with Crippen LogP contribution in [0.1, 0.15) is 24.8 Å². The predicted molar refractivity (Wildman–Crippen MR) is 72.5 cm³/mol. The minimum atomic E-state index is 0.164. The average molecular weight is 271 g/mol. The van der Waals surface area contributed by atoms with Gasteiger partial charge in [-0.25, -0.2) is 0 Å². The van der Waals surface area contributed by atoms with Crippen molar-refractivity contribution in [1.82, 2.24) is 0 Å². The highest BCUT2D eigenvalue weighted by molar-refractivity contribution is 8.01. The maximum Gasteiger partial charge on any atom is 0.0595 e. The highest BCUT2D eigenvalue weighted by Crippen LogP contribution is 2.55. The van der Waals surface area contributed by atoms with E-state index in [0.717, 1.165) is 5.25 Å². The minimum Gasteiger partial charge on any atom is -0.142 e. The summed E-state index contributed by atoms with van der Waals surface area (Å²) in [5.41, 5.74) is 1.30. The van der Waals surface area contributed by atoms with Gasteiger partial charge in [0.2, 0.25) is 0 Å². The first kappa shape index (κ1) is 11.0. The maximum atomic E-state index is 6.10. The Labute approximate surface area is 110 Å². The lowest BCUT2D eigenvalue weighted by molar-refractivity contribution is 0.689. The molecule has 0 nitrogen and oxygen atoms in total. The molecule has 0 radical (unpaired) electrons. The van der Waals surface area contributed by atoms with Crippen LogP contribution in [0, 0.1) is 0 Å². The Morgan fingerprint density at radius 3 is 2.94 bits per heavy atom. The van der Waals surface area contributed by atoms with E-state index in [1.165, 1.54) is 24.8 Å². The first-order valence-electron chi connectivity index (χ1n) is 5.51. The summed E-state index contributed by atoms with van der Waals surface area (Å²) in [5, 5.41) is 2.09. The Hall–Kier alpha value is -0.110. The van der Waals surface area contributed by atoms with Crippen LogP contribution in [0.4, 0.5) is 0 Å². The Balaban J connectivity index is 2.05. The number of allylic oxidation sites excluding steroid dienone is 1. The zero-order valence-corrected chi connectivity index (χ0v) is 11.1. The molecule has 0 amide bonds. The second-order valence-corrected chi connectivity index (χ2v) is 6.88. The number of benzene rings is 1. The van der Waals surface area contributed by atoms with E-state index in [9.17, 15) is 0 Å². The molecule has 0 aromatic heterocycles. The molecule has 2 aliphatic rings. The van der Waals surface area contributed by atoms with Crippen LogP contribution >= 0.6 is 35.0 Å². The summed E-state index contributed by atoms with van der Waals surface area (Å²) in [7, 11) is 0. The van der Waals surface area contributed by atoms with E-state index in [1.54, 1.807) is 0 Å². The van der Waals surface area contributed by atoms with Gasteiger partial charge in [0.15, 0.2) is 0 Å². The maximum absolute atomic E-state index is 6.10. The van der Waals surface area contributed by atoms with Gasteiger partial charge in [-0.15, -0.1) is 11.8 Å². The number of halogens is 2. The third-order valence-electron chi connectivity index (χ3n) is 3.41. The summed E-state index contributed by atoms with van der Waals surface area (Å²) >= 11 is 14.1. The Morgan fingerprint density at radius 1 is 1.25 bits per heavy atom. The van der Waals surface area contributed by atoms with Gasteiger partial charge in [-0.1, -0.05) is 41.4 Å². The molecule has 1 saturated heterocycles. The first-order valence-corrected chi connectivity index (χ1v) is 7.14. The predicted octanol–water partition coefficient (Wildman–Crippen LogP) is 5.04. The molecule has 2 atom stereocenters. The van der Waals surface area contributed by atoms with Crippen LogP contribution in [0.2, 0.25) is 10.0 Å². The van der Waals surface area contributed by atoms with Crippen molar-refractivity contribution >= 4 is 35.0 Å². The monoisotopic (exact) mass is 270 g/mol. The Kier molecular flexibility index (Phi) is 2.73. The second kappa shape index (κ2) is 3.97. The summed E-state index contributed by atoms with van der Waals surface area (Å²) in [5.74, 6) is 0. The number of hydrogen-bond donors (Lipinski definition) is 0. The lowest BCUT2D eigenvalue weighted by Crippen LogP contribution is -2.17. The van der Waals surface area contributed by atoms with Crippen molar-refractivity contribution < 1.29 is 0 Å². The third-order valence-corrected chi connectivity index (χ3v) is 5.91. The van der Waals surface area contributed by atoms with Gasteiger partial charge in [-0.3, -0.25) is 0 Å². The highest BCUT2D eigenvalue weighted by Gasteiger charge is 2.41. The van der Waals surface area contributed by atoms with E-state index in [0.29, 0.717) is 10.0 Å². The lowest BCUT2D eigenvalue weighted by atomic mass is 9.94. The van der Waals surface area contributed by atoms with Gasteiger partial charge in [-0.2, -0.15) is 0 Å². The van der Waals surface area contributed by atoms with E-state index < -0.39 is 0 Å². The number of hydrogen-bond acceptors (Lipinski definition) is 1. The molecule has 2 aliphatic heterocycles. The normalized spacial score (nSPS) is 32.0. The molecule has 0 saturated carbocycles. The molecule has 16 heavy (non-hydrogen) atoms. The molecular weight excluding hydrogens is 259 g/mol. The quantitative estimate of drug-likeness (QED) is 0.644. The molecule has 1 aromatic rings. The molecule has 84 valence electrons. The SMILES string of the molecule is Clc1ccc(C23C=CCC(CC2)S3)cc1Cl. The molecule has 3 rings (SSSR count). The second-order valence-electron chi connectivity index (χ2n) is 4.43. The zero-order valence-electron chi connectivity index (χ0n) is 8.75. The van der Waals surface area contributed by atoms with Crippen LogP contribution in [0.3, 0.4) is 0 Å². The molecule has 3 heteroatoms. The average Bonchev–Trinajstić information content (AvgIpc) is 2.59. The van der Waals surface area contributed by atoms with Crippen LogP contribution in [-0.4, -0.2) is 5.25 Å². The molecule has 0 N–H and O–H groups in total. The van der Waals surface area contributed by atoms with E-state index in [-0.39, 0.29) is 4.75 Å². The van der Waals surface area contributed by atoms with Crippen LogP contribution in [0.5, 0.6) is 0 Å². The van der Waals surface area contributed by atoms with Crippen LogP contribution in [-0.2, 0) is 4.75 Å². The number of thioether (sulfide) groups is 1. The fourth-order valence-corrected chi connectivity index (χ4v) is 4.57. The lowest BCUT2D eigenvalue weighted by Gasteiger charge is -2.28. The first-order chi connectivity index (χ1) is 7.70. The van der Waals surface area contributed by atoms with Gasteiger partial charge < -0.3 is 0 Å². The van der Waals surface area contributed by atoms with Crippen molar-refractivity contribution in [3.8, 4) is 0 Å². The Bertz CT molecular complexity index is 455. The number of fused-ring (bicyclic) bond motifs is 2. The van der Waals surface area contributed by atoms with Gasteiger partial charge in [0.1, 0.15) is 0 Å². The topological polar surface area (TPSA) is 0 Å². The molecular formula is C13H12Cl2S. The van der Waals surface area contributed by atoms with Gasteiger partial charge in [-0.05, 0) is 37.0 Å². The summed E-state index contributed by atoms with van der Waals surface area (Å²) in [6, 6.07) is 6.04. The molecule has 0 spiro atoms. The smallest absolute Gasteiger partial charge is 0.0595 e. The summed E-state index contributed by atoms with van der Waals surface area (Å²) in [6.45, 7) is 0. The number of rotatable bonds is 1. The van der Waals surface area contributed by atoms with Gasteiger partial charge in [0.05, 0.1) is 14.8 Å². The van der Waals surface area contributed by atoms with Crippen LogP contribution in [0.25, 0.3) is 0 Å². The summed E-state index contributed by atoms with van der Waals surface area (Å²) in [4.78, 5) is 0. The molecule has 0 aliphatic carbocycles. The van der Waals surface area contributed by atoms with Crippen LogP contribution in [0.15, 0.2) is 30.4 Å². The molecule has 1 aromatic carbocycles. The summed E-state index contributed by atoms with van der Waals surface area (Å²) in [6.07, 6.45) is 8.40. The van der Waals surface area contributed by atoms with Gasteiger partial charge >= 0.3 is 0 Å². The van der Waals surface area contributed by atoms with Crippen molar-refractivity contribution in [2.24, 2.45) is 0 Å². The molecule has 2 heterocycles.